The van der Waals surface area contributed by atoms with E-state index in [-0.39, 0.29) is 68.3 Å². The summed E-state index contributed by atoms with van der Waals surface area (Å²) in [6, 6.07) is 7.88. The number of cyclic esters (lactones) is 1. The number of piperidine rings is 1. The molecule has 1 aromatic rings. The van der Waals surface area contributed by atoms with Gasteiger partial charge in [0, 0.05) is 57.3 Å². The molecule has 1 aromatic carbocycles. The second kappa shape index (κ2) is 28.5. The van der Waals surface area contributed by atoms with Crippen LogP contribution in [0.2, 0.25) is 0 Å². The van der Waals surface area contributed by atoms with Crippen molar-refractivity contribution >= 4 is 29.2 Å². The van der Waals surface area contributed by atoms with Crippen molar-refractivity contribution in [3.8, 4) is 12.3 Å². The Balaban J connectivity index is 1.50. The van der Waals surface area contributed by atoms with E-state index in [0.29, 0.717) is 62.5 Å². The van der Waals surface area contributed by atoms with Crippen LogP contribution in [-0.2, 0) is 47.7 Å². The van der Waals surface area contributed by atoms with Crippen molar-refractivity contribution in [3.63, 3.8) is 0 Å². The number of hydrogen-bond acceptors (Lipinski definition) is 14. The number of terminal acetylenes is 1. The van der Waals surface area contributed by atoms with E-state index < -0.39 is 95.9 Å². The molecule has 74 heavy (non-hydrogen) atoms. The third kappa shape index (κ3) is 16.0. The van der Waals surface area contributed by atoms with Gasteiger partial charge in [-0.15, -0.1) is 6.42 Å². The Hall–Kier alpha value is -4.63. The van der Waals surface area contributed by atoms with Crippen LogP contribution in [0.5, 0.6) is 0 Å². The Morgan fingerprint density at radius 1 is 0.892 bits per heavy atom. The summed E-state index contributed by atoms with van der Waals surface area (Å²) in [5.41, 5.74) is 1.73. The van der Waals surface area contributed by atoms with Crippen LogP contribution in [-0.4, -0.2) is 136 Å². The Bertz CT molecular complexity index is 2210. The monoisotopic (exact) mass is 1030 g/mol. The van der Waals surface area contributed by atoms with E-state index >= 15 is 0 Å². The topological polar surface area (TPSA) is 216 Å². The van der Waals surface area contributed by atoms with Crippen LogP contribution in [0.1, 0.15) is 130 Å². The first-order valence-corrected chi connectivity index (χ1v) is 26.7. The van der Waals surface area contributed by atoms with Gasteiger partial charge >= 0.3 is 5.97 Å². The highest BCUT2D eigenvalue weighted by molar-refractivity contribution is 6.39. The second-order valence-electron chi connectivity index (χ2n) is 21.4. The van der Waals surface area contributed by atoms with Gasteiger partial charge in [0.2, 0.25) is 5.79 Å². The number of methoxy groups -OCH3 is 2. The number of aliphatic hydroxyl groups is 4. The number of nitrogens with zero attached hydrogens (tertiary/aromatic N) is 1. The van der Waals surface area contributed by atoms with Gasteiger partial charge in [0.25, 0.3) is 11.7 Å². The average molecular weight is 1030 g/mol. The minimum absolute atomic E-state index is 0.0448. The number of rotatable bonds is 9. The second-order valence-corrected chi connectivity index (χ2v) is 21.4. The number of Topliss-reactive ketones (excluding diaryl/α,β-unsaturated/α-hetero) is 3. The molecule has 4 N–H and O–H groups in total. The largest absolute Gasteiger partial charge is 0.460 e. The summed E-state index contributed by atoms with van der Waals surface area (Å²) in [6.07, 6.45) is 14.0. The third-order valence-corrected chi connectivity index (χ3v) is 15.8. The number of benzene rings is 1. The van der Waals surface area contributed by atoms with E-state index in [4.69, 9.17) is 30.1 Å². The van der Waals surface area contributed by atoms with Crippen molar-refractivity contribution in [3.05, 3.63) is 83.5 Å². The fourth-order valence-electron chi connectivity index (χ4n) is 10.9. The van der Waals surface area contributed by atoms with Crippen molar-refractivity contribution < 1.29 is 68.1 Å². The molecule has 16 atom stereocenters. The highest BCUT2D eigenvalue weighted by Crippen LogP contribution is 2.38. The SMILES string of the molecule is C#C[C@@H]1/C=C/C=C/C=C(\C)C(OC[C@@H](O)c2ccccc2)C[C@@H]2CC[C@@H](C)[C@@](O)(O2)C(=O)C(=O)N2CCCCC2C(=O)O[C@H]([C@H](C)C[C@@H]2CC[C@@H](O)[C@H](OC)C2)CC(=O)[C@H](C)/C=C(\C)[C@@H](O)[C@@H](OC)C(=O)[C@H](C)C1. The summed E-state index contributed by atoms with van der Waals surface area (Å²) in [6.45, 7) is 10.4. The summed E-state index contributed by atoms with van der Waals surface area (Å²) in [7, 11) is 2.89. The maximum atomic E-state index is 14.5. The van der Waals surface area contributed by atoms with E-state index in [2.05, 4.69) is 5.92 Å². The molecule has 2 bridgehead atoms. The molecule has 408 valence electrons. The first kappa shape index (κ1) is 60.2. The van der Waals surface area contributed by atoms with Crippen LogP contribution in [0.25, 0.3) is 0 Å². The number of carbonyl (C=O) groups is 5. The zero-order chi connectivity index (χ0) is 54.3. The molecule has 2 saturated heterocycles. The standard InChI is InChI=1S/C59H83NO14/c1-10-42-20-14-11-13-19-36(2)50(72-35-49(63)44-21-15-12-16-22-44)33-45-26-24-41(7)59(69,74-45)56(66)57(67)60-28-18-17-23-46(60)58(68)73-51(38(4)30-43-25-27-47(61)52(32-43)70-8)34-48(62)37(3)29-39(5)53(64)55(71-9)54(65)40(6)31-42/h1,11-16,19-22,29,37-38,40-43,45-47,49-53,55,61,63-64,69H,17-18,23-28,30-35H2,2-9H3/b13-11+,20-14+,36-19+,39-29+/t37-,38-,40-,41-,42-,43+,45+,46?,47-,49-,50?,51+,52-,53-,55-,59-/m1/s1. The van der Waals surface area contributed by atoms with Gasteiger partial charge in [-0.05, 0) is 107 Å². The first-order valence-electron chi connectivity index (χ1n) is 26.7. The zero-order valence-electron chi connectivity index (χ0n) is 44.8. The van der Waals surface area contributed by atoms with Gasteiger partial charge in [-0.1, -0.05) is 100 Å². The molecule has 15 heteroatoms. The average Bonchev–Trinajstić information content (AvgIpc) is 3.39. The molecule has 1 aliphatic carbocycles. The highest BCUT2D eigenvalue weighted by Gasteiger charge is 2.53. The lowest BCUT2D eigenvalue weighted by Crippen LogP contribution is -2.61. The molecule has 1 saturated carbocycles. The third-order valence-electron chi connectivity index (χ3n) is 15.8. The maximum Gasteiger partial charge on any atom is 0.329 e. The number of fused-ring (bicyclic) bond motifs is 3. The van der Waals surface area contributed by atoms with Gasteiger partial charge in [0.1, 0.15) is 36.2 Å². The molecule has 3 fully saturated rings. The summed E-state index contributed by atoms with van der Waals surface area (Å²) < 4.78 is 30.1. The van der Waals surface area contributed by atoms with E-state index in [1.165, 1.54) is 12.0 Å². The Morgan fingerprint density at radius 3 is 2.31 bits per heavy atom. The lowest BCUT2D eigenvalue weighted by atomic mass is 9.78. The molecule has 2 unspecified atom stereocenters. The predicted octanol–water partition coefficient (Wildman–Crippen LogP) is 6.90. The Morgan fingerprint density at radius 2 is 1.62 bits per heavy atom. The van der Waals surface area contributed by atoms with Crippen molar-refractivity contribution in [1.29, 1.82) is 0 Å². The van der Waals surface area contributed by atoms with Gasteiger partial charge < -0.3 is 49.0 Å². The fraction of sp³-hybridized carbons (Fsp3) is 0.644. The van der Waals surface area contributed by atoms with Crippen LogP contribution >= 0.6 is 0 Å². The molecule has 5 rings (SSSR count). The highest BCUT2D eigenvalue weighted by atomic mass is 16.6. The van der Waals surface area contributed by atoms with Crippen molar-refractivity contribution in [1.82, 2.24) is 4.90 Å². The van der Waals surface area contributed by atoms with Gasteiger partial charge in [-0.25, -0.2) is 4.79 Å². The number of allylic oxidation sites excluding steroid dienone is 6. The van der Waals surface area contributed by atoms with Crippen LogP contribution in [0.3, 0.4) is 0 Å². The fourth-order valence-corrected chi connectivity index (χ4v) is 10.9. The van der Waals surface area contributed by atoms with Gasteiger partial charge in [0.05, 0.1) is 31.0 Å². The van der Waals surface area contributed by atoms with Gasteiger partial charge in [0.15, 0.2) is 5.78 Å². The van der Waals surface area contributed by atoms with Crippen LogP contribution in [0.15, 0.2) is 77.9 Å². The summed E-state index contributed by atoms with van der Waals surface area (Å²) in [4.78, 5) is 72.7. The van der Waals surface area contributed by atoms with Gasteiger partial charge in [-0.2, -0.15) is 0 Å². The molecule has 3 aliphatic heterocycles. The van der Waals surface area contributed by atoms with E-state index in [1.807, 2.05) is 38.1 Å². The smallest absolute Gasteiger partial charge is 0.329 e. The number of aliphatic hydroxyl groups excluding tert-OH is 3. The molecule has 1 amide bonds. The number of amides is 1. The predicted molar refractivity (Wildman–Crippen MR) is 279 cm³/mol. The number of carbonyl (C=O) groups excluding carboxylic acids is 5. The number of esters is 1. The van der Waals surface area contributed by atoms with Gasteiger partial charge in [-0.3, -0.25) is 19.2 Å². The minimum atomic E-state index is -2.53. The molecule has 0 radical (unpaired) electrons. The lowest BCUT2D eigenvalue weighted by Gasteiger charge is -2.43. The molecule has 15 nitrogen and oxygen atoms in total. The molecule has 0 aromatic heterocycles. The zero-order valence-corrected chi connectivity index (χ0v) is 44.8. The maximum absolute atomic E-state index is 14.5. The van der Waals surface area contributed by atoms with Crippen molar-refractivity contribution in [2.45, 2.75) is 179 Å². The number of ether oxygens (including phenoxy) is 5. The van der Waals surface area contributed by atoms with E-state index in [9.17, 15) is 44.4 Å². The number of hydrogen-bond donors (Lipinski definition) is 4. The van der Waals surface area contributed by atoms with Crippen molar-refractivity contribution in [2.75, 3.05) is 27.4 Å². The quantitative estimate of drug-likeness (QED) is 0.0858. The normalized spacial score (nSPS) is 37.2. The first-order chi connectivity index (χ1) is 35.2. The molecular formula is C59H83NO14. The number of ketones is 3. The summed E-state index contributed by atoms with van der Waals surface area (Å²) >= 11 is 0. The molecule has 4 aliphatic rings. The summed E-state index contributed by atoms with van der Waals surface area (Å²) in [5, 5.41) is 45.3. The Kier molecular flexibility index (Phi) is 23.2. The van der Waals surface area contributed by atoms with Crippen LogP contribution in [0, 0.1) is 47.9 Å². The van der Waals surface area contributed by atoms with E-state index in [1.54, 1.807) is 77.3 Å². The van der Waals surface area contributed by atoms with Crippen LogP contribution in [0.4, 0.5) is 0 Å². The minimum Gasteiger partial charge on any atom is -0.460 e. The lowest BCUT2D eigenvalue weighted by molar-refractivity contribution is -0.266. The molecule has 3 heterocycles. The molecule has 0 spiro atoms. The van der Waals surface area contributed by atoms with E-state index in [0.717, 1.165) is 5.57 Å². The summed E-state index contributed by atoms with van der Waals surface area (Å²) in [5.74, 6) is -6.45. The van der Waals surface area contributed by atoms with Crippen molar-refractivity contribution in [2.24, 2.45) is 35.5 Å². The molecular weight excluding hydrogens is 947 g/mol. The Labute approximate surface area is 438 Å². The van der Waals surface area contributed by atoms with Crippen LogP contribution < -0.4 is 0 Å².